The van der Waals surface area contributed by atoms with Crippen LogP contribution in [-0.4, -0.2) is 5.78 Å². The van der Waals surface area contributed by atoms with Gasteiger partial charge in [-0.05, 0) is 46.9 Å². The van der Waals surface area contributed by atoms with Gasteiger partial charge in [-0.15, -0.1) is 0 Å². The normalized spacial score (nSPS) is 11.7. The lowest BCUT2D eigenvalue weighted by molar-refractivity contribution is 0.0976. The first-order chi connectivity index (χ1) is 9.54. The first kappa shape index (κ1) is 14.9. The molecule has 20 heavy (non-hydrogen) atoms. The van der Waals surface area contributed by atoms with Crippen LogP contribution in [0.3, 0.4) is 0 Å². The minimum absolute atomic E-state index is 0.0794. The van der Waals surface area contributed by atoms with Gasteiger partial charge in [0, 0.05) is 19.7 Å². The van der Waals surface area contributed by atoms with Crippen molar-refractivity contribution in [1.82, 2.24) is 0 Å². The van der Waals surface area contributed by atoms with Crippen molar-refractivity contribution >= 4 is 40.0 Å². The second kappa shape index (κ2) is 6.33. The lowest BCUT2D eigenvalue weighted by Crippen LogP contribution is -2.14. The molecular weight excluding hydrogens is 392 g/mol. The van der Waals surface area contributed by atoms with E-state index in [1.807, 2.05) is 28.7 Å². The molecule has 0 aromatic heterocycles. The number of halogens is 3. The summed E-state index contributed by atoms with van der Waals surface area (Å²) in [5, 5.41) is 9.62. The van der Waals surface area contributed by atoms with E-state index in [1.165, 1.54) is 24.3 Å². The Morgan fingerprint density at radius 3 is 2.65 bits per heavy atom. The third-order valence-corrected chi connectivity index (χ3v) is 3.98. The van der Waals surface area contributed by atoms with Crippen LogP contribution in [0.5, 0.6) is 0 Å². The molecule has 0 saturated carbocycles. The maximum atomic E-state index is 13.8. The number of carbonyl (C=O) groups is 1. The predicted octanol–water partition coefficient (Wildman–Crippen LogP) is 4.57. The number of hydrogen-bond donors (Lipinski definition) is 0. The van der Waals surface area contributed by atoms with Crippen LogP contribution in [0.25, 0.3) is 0 Å². The summed E-state index contributed by atoms with van der Waals surface area (Å²) in [7, 11) is 0. The van der Waals surface area contributed by atoms with Crippen molar-refractivity contribution in [3.05, 3.63) is 68.0 Å². The number of Topliss-reactive ketones (excluding diaryl/α,β-unsaturated/α-hetero) is 1. The monoisotopic (exact) mass is 399 g/mol. The molecule has 1 unspecified atom stereocenters. The molecule has 0 aliphatic carbocycles. The van der Waals surface area contributed by atoms with Crippen LogP contribution in [0, 0.1) is 20.7 Å². The molecule has 0 spiro atoms. The zero-order chi connectivity index (χ0) is 14.7. The van der Waals surface area contributed by atoms with Gasteiger partial charge < -0.3 is 0 Å². The van der Waals surface area contributed by atoms with Gasteiger partial charge in [0.2, 0.25) is 0 Å². The Labute approximate surface area is 134 Å². The van der Waals surface area contributed by atoms with E-state index in [4.69, 9.17) is 11.6 Å². The fraction of sp³-hybridized carbons (Fsp3) is 0.0667. The number of carbonyl (C=O) groups excluding carboxylic acids is 1. The average Bonchev–Trinajstić information content (AvgIpc) is 2.44. The van der Waals surface area contributed by atoms with Crippen LogP contribution in [0.4, 0.5) is 4.39 Å². The molecular formula is C15H8ClFINO. The van der Waals surface area contributed by atoms with Crippen molar-refractivity contribution in [3.8, 4) is 6.07 Å². The number of hydrogen-bond acceptors (Lipinski definition) is 2. The fourth-order valence-corrected chi connectivity index (χ4v) is 2.59. The lowest BCUT2D eigenvalue weighted by Gasteiger charge is -2.11. The van der Waals surface area contributed by atoms with E-state index in [9.17, 15) is 14.4 Å². The second-order valence-corrected chi connectivity index (χ2v) is 5.67. The standard InChI is InChI=1S/C15H8ClFINO/c16-9-5-6-14(18)11(7-9)15(20)12(8-19)10-3-1-2-4-13(10)17/h1-7,12H. The molecule has 1 atom stereocenters. The van der Waals surface area contributed by atoms with Gasteiger partial charge in [0.05, 0.1) is 6.07 Å². The van der Waals surface area contributed by atoms with Gasteiger partial charge >= 0.3 is 0 Å². The Morgan fingerprint density at radius 1 is 1.30 bits per heavy atom. The molecule has 0 bridgehead atoms. The minimum Gasteiger partial charge on any atom is -0.292 e. The summed E-state index contributed by atoms with van der Waals surface area (Å²) in [6.45, 7) is 0. The third-order valence-electron chi connectivity index (χ3n) is 2.80. The van der Waals surface area contributed by atoms with E-state index in [0.29, 0.717) is 14.2 Å². The summed E-state index contributed by atoms with van der Waals surface area (Å²) in [5.74, 6) is -2.20. The molecule has 2 rings (SSSR count). The molecule has 2 nitrogen and oxygen atoms in total. The van der Waals surface area contributed by atoms with Crippen molar-refractivity contribution in [2.24, 2.45) is 0 Å². The zero-order valence-corrected chi connectivity index (χ0v) is 13.0. The number of ketones is 1. The van der Waals surface area contributed by atoms with E-state index in [1.54, 1.807) is 18.2 Å². The molecule has 0 heterocycles. The quantitative estimate of drug-likeness (QED) is 0.560. The largest absolute Gasteiger partial charge is 0.292 e. The Bertz CT molecular complexity index is 711. The molecule has 0 fully saturated rings. The SMILES string of the molecule is N#CC(C(=O)c1cc(Cl)ccc1I)c1ccccc1F. The van der Waals surface area contributed by atoms with Gasteiger partial charge in [-0.25, -0.2) is 4.39 Å². The summed E-state index contributed by atoms with van der Waals surface area (Å²) in [6, 6.07) is 12.5. The summed E-state index contributed by atoms with van der Waals surface area (Å²) < 4.78 is 14.4. The maximum absolute atomic E-state index is 13.8. The molecule has 0 aliphatic heterocycles. The minimum atomic E-state index is -1.18. The van der Waals surface area contributed by atoms with Gasteiger partial charge in [-0.1, -0.05) is 29.8 Å². The Balaban J connectivity index is 2.48. The highest BCUT2D eigenvalue weighted by atomic mass is 127. The van der Waals surface area contributed by atoms with Crippen molar-refractivity contribution in [2.75, 3.05) is 0 Å². The summed E-state index contributed by atoms with van der Waals surface area (Å²) in [6.07, 6.45) is 0. The predicted molar refractivity (Wildman–Crippen MR) is 83.3 cm³/mol. The summed E-state index contributed by atoms with van der Waals surface area (Å²) in [4.78, 5) is 12.4. The smallest absolute Gasteiger partial charge is 0.185 e. The van der Waals surface area contributed by atoms with Crippen LogP contribution in [-0.2, 0) is 0 Å². The van der Waals surface area contributed by atoms with Crippen molar-refractivity contribution in [2.45, 2.75) is 5.92 Å². The van der Waals surface area contributed by atoms with Crippen LogP contribution in [0.1, 0.15) is 21.8 Å². The van der Waals surface area contributed by atoms with Gasteiger partial charge in [-0.2, -0.15) is 5.26 Å². The van der Waals surface area contributed by atoms with Gasteiger partial charge in [0.25, 0.3) is 0 Å². The van der Waals surface area contributed by atoms with E-state index in [-0.39, 0.29) is 5.56 Å². The highest BCUT2D eigenvalue weighted by Crippen LogP contribution is 2.27. The lowest BCUT2D eigenvalue weighted by atomic mass is 9.91. The van der Waals surface area contributed by atoms with Gasteiger partial charge in [-0.3, -0.25) is 4.79 Å². The van der Waals surface area contributed by atoms with Crippen molar-refractivity contribution < 1.29 is 9.18 Å². The van der Waals surface area contributed by atoms with Crippen LogP contribution in [0.2, 0.25) is 5.02 Å². The van der Waals surface area contributed by atoms with Crippen LogP contribution in [0.15, 0.2) is 42.5 Å². The van der Waals surface area contributed by atoms with Crippen molar-refractivity contribution in [1.29, 1.82) is 5.26 Å². The molecule has 0 amide bonds. The topological polar surface area (TPSA) is 40.9 Å². The van der Waals surface area contributed by atoms with Crippen molar-refractivity contribution in [3.63, 3.8) is 0 Å². The number of benzene rings is 2. The highest BCUT2D eigenvalue weighted by Gasteiger charge is 2.26. The summed E-state index contributed by atoms with van der Waals surface area (Å²) in [5.41, 5.74) is 0.406. The molecule has 2 aromatic carbocycles. The molecule has 0 aliphatic rings. The Kier molecular flexibility index (Phi) is 4.73. The molecule has 100 valence electrons. The van der Waals surface area contributed by atoms with E-state index in [2.05, 4.69) is 0 Å². The van der Waals surface area contributed by atoms with Gasteiger partial charge in [0.1, 0.15) is 11.7 Å². The maximum Gasteiger partial charge on any atom is 0.185 e. The zero-order valence-electron chi connectivity index (χ0n) is 10.1. The van der Waals surface area contributed by atoms with E-state index < -0.39 is 17.5 Å². The molecule has 0 radical (unpaired) electrons. The average molecular weight is 400 g/mol. The highest BCUT2D eigenvalue weighted by molar-refractivity contribution is 14.1. The molecule has 0 saturated heterocycles. The Hall–Kier alpha value is -1.45. The number of rotatable bonds is 3. The number of nitrogens with zero attached hydrogens (tertiary/aromatic N) is 1. The van der Waals surface area contributed by atoms with Crippen LogP contribution < -0.4 is 0 Å². The summed E-state index contributed by atoms with van der Waals surface area (Å²) >= 11 is 7.86. The first-order valence-electron chi connectivity index (χ1n) is 5.68. The molecule has 2 aromatic rings. The van der Waals surface area contributed by atoms with Crippen LogP contribution >= 0.6 is 34.2 Å². The molecule has 5 heteroatoms. The van der Waals surface area contributed by atoms with Gasteiger partial charge in [0.15, 0.2) is 5.78 Å². The second-order valence-electron chi connectivity index (χ2n) is 4.07. The number of nitriles is 1. The first-order valence-corrected chi connectivity index (χ1v) is 7.13. The molecule has 0 N–H and O–H groups in total. The Morgan fingerprint density at radius 2 is 2.00 bits per heavy atom. The third kappa shape index (κ3) is 3.00. The van der Waals surface area contributed by atoms with E-state index >= 15 is 0 Å². The fourth-order valence-electron chi connectivity index (χ4n) is 1.82. The van der Waals surface area contributed by atoms with E-state index in [0.717, 1.165) is 0 Å².